The first-order chi connectivity index (χ1) is 18.1. The van der Waals surface area contributed by atoms with Crippen molar-refractivity contribution in [1.82, 2.24) is 24.1 Å². The van der Waals surface area contributed by atoms with E-state index in [1.165, 1.54) is 16.7 Å². The molecule has 0 spiro atoms. The Morgan fingerprint density at radius 1 is 0.974 bits per heavy atom. The number of nitrogens with one attached hydrogen (secondary N) is 1. The molecule has 8 nitrogen and oxygen atoms in total. The number of fused-ring (bicyclic) bond motifs is 1. The fraction of sp³-hybridized carbons (Fsp3) is 0.120. The average molecular weight is 545 g/mol. The van der Waals surface area contributed by atoms with E-state index in [-0.39, 0.29) is 29.5 Å². The quantitative estimate of drug-likeness (QED) is 0.256. The number of hydrogen-bond donors (Lipinski definition) is 1. The molecule has 5 rings (SSSR count). The number of aromatic nitrogens is 5. The number of halogens is 5. The molecule has 0 atom stereocenters. The highest BCUT2D eigenvalue weighted by atomic mass is 35.5. The Morgan fingerprint density at radius 3 is 2.37 bits per heavy atom. The van der Waals surface area contributed by atoms with Gasteiger partial charge in [0.15, 0.2) is 11.2 Å². The number of benzene rings is 2. The van der Waals surface area contributed by atoms with Crippen molar-refractivity contribution in [2.45, 2.75) is 19.3 Å². The number of pyridine rings is 1. The molecule has 0 saturated carbocycles. The molecule has 0 saturated heterocycles. The number of rotatable bonds is 7. The maximum Gasteiger partial charge on any atom is 0.406 e. The van der Waals surface area contributed by atoms with E-state index in [9.17, 15) is 22.4 Å². The molecule has 38 heavy (non-hydrogen) atoms. The van der Waals surface area contributed by atoms with Crippen LogP contribution in [0.1, 0.15) is 5.56 Å². The van der Waals surface area contributed by atoms with E-state index in [1.807, 2.05) is 0 Å². The lowest BCUT2D eigenvalue weighted by atomic mass is 10.2. The van der Waals surface area contributed by atoms with Crippen LogP contribution in [0.15, 0.2) is 78.0 Å². The fourth-order valence-corrected chi connectivity index (χ4v) is 3.83. The van der Waals surface area contributed by atoms with Gasteiger partial charge in [-0.1, -0.05) is 23.7 Å². The number of ether oxygens (including phenoxy) is 1. The van der Waals surface area contributed by atoms with Gasteiger partial charge in [0.25, 0.3) is 0 Å². The summed E-state index contributed by atoms with van der Waals surface area (Å²) >= 11 is 5.98. The van der Waals surface area contributed by atoms with Crippen LogP contribution in [0.4, 0.5) is 29.2 Å². The molecule has 3 aromatic heterocycles. The molecule has 3 heterocycles. The summed E-state index contributed by atoms with van der Waals surface area (Å²) in [5.74, 6) is 0.200. The molecule has 0 radical (unpaired) electrons. The van der Waals surface area contributed by atoms with Crippen molar-refractivity contribution in [2.24, 2.45) is 0 Å². The Bertz CT molecular complexity index is 1630. The van der Waals surface area contributed by atoms with Gasteiger partial charge in [-0.25, -0.2) is 14.4 Å². The largest absolute Gasteiger partial charge is 0.439 e. The second-order valence-corrected chi connectivity index (χ2v) is 8.62. The van der Waals surface area contributed by atoms with E-state index in [0.717, 1.165) is 22.7 Å². The summed E-state index contributed by atoms with van der Waals surface area (Å²) in [5, 5.41) is 3.54. The van der Waals surface area contributed by atoms with Crippen molar-refractivity contribution in [3.05, 3.63) is 99.9 Å². The molecule has 0 bridgehead atoms. The van der Waals surface area contributed by atoms with Crippen LogP contribution in [-0.4, -0.2) is 30.3 Å². The van der Waals surface area contributed by atoms with Crippen LogP contribution in [0, 0.1) is 5.82 Å². The summed E-state index contributed by atoms with van der Waals surface area (Å²) in [4.78, 5) is 24.8. The lowest BCUT2D eigenvalue weighted by Gasteiger charge is -2.16. The van der Waals surface area contributed by atoms with Gasteiger partial charge in [0, 0.05) is 16.8 Å². The van der Waals surface area contributed by atoms with Crippen molar-refractivity contribution in [3.8, 4) is 11.6 Å². The third kappa shape index (κ3) is 5.75. The minimum atomic E-state index is -4.55. The third-order valence-electron chi connectivity index (χ3n) is 5.38. The summed E-state index contributed by atoms with van der Waals surface area (Å²) in [6.07, 6.45) is -2.55. The van der Waals surface area contributed by atoms with Crippen molar-refractivity contribution < 1.29 is 22.3 Å². The van der Waals surface area contributed by atoms with Crippen LogP contribution < -0.4 is 15.6 Å². The van der Waals surface area contributed by atoms with E-state index in [1.54, 1.807) is 48.5 Å². The van der Waals surface area contributed by atoms with Crippen LogP contribution in [0.25, 0.3) is 11.2 Å². The summed E-state index contributed by atoms with van der Waals surface area (Å²) in [6, 6.07) is 16.0. The monoisotopic (exact) mass is 544 g/mol. The molecule has 5 aromatic rings. The van der Waals surface area contributed by atoms with Crippen LogP contribution in [0.3, 0.4) is 0 Å². The highest BCUT2D eigenvalue weighted by molar-refractivity contribution is 6.30. The zero-order valence-electron chi connectivity index (χ0n) is 19.3. The highest BCUT2D eigenvalue weighted by Crippen LogP contribution is 2.26. The van der Waals surface area contributed by atoms with E-state index in [2.05, 4.69) is 20.3 Å². The van der Waals surface area contributed by atoms with Gasteiger partial charge < -0.3 is 14.6 Å². The third-order valence-corrected chi connectivity index (χ3v) is 5.63. The van der Waals surface area contributed by atoms with Crippen molar-refractivity contribution >= 4 is 34.4 Å². The zero-order valence-corrected chi connectivity index (χ0v) is 20.0. The first kappa shape index (κ1) is 25.2. The van der Waals surface area contributed by atoms with Crippen LogP contribution in [0.5, 0.6) is 11.6 Å². The SMILES string of the molecule is O=c1nc(Nc2ccc(Oc3ccc(F)cn3)cc2)n(Cc2ccc(Cl)cc2)c2ncn(CC(F)(F)F)c12. The summed E-state index contributed by atoms with van der Waals surface area (Å²) < 4.78 is 60.1. The zero-order chi connectivity index (χ0) is 26.9. The Labute approximate surface area is 217 Å². The number of imidazole rings is 1. The lowest BCUT2D eigenvalue weighted by Crippen LogP contribution is -2.23. The van der Waals surface area contributed by atoms with Gasteiger partial charge in [0.1, 0.15) is 18.1 Å². The maximum atomic E-state index is 13.1. The lowest BCUT2D eigenvalue weighted by molar-refractivity contribution is -0.140. The van der Waals surface area contributed by atoms with Gasteiger partial charge in [0.2, 0.25) is 11.8 Å². The molecule has 0 aliphatic carbocycles. The molecule has 1 N–H and O–H groups in total. The number of anilines is 2. The highest BCUT2D eigenvalue weighted by Gasteiger charge is 2.30. The Balaban J connectivity index is 1.49. The van der Waals surface area contributed by atoms with Crippen molar-refractivity contribution in [1.29, 1.82) is 0 Å². The molecule has 0 fully saturated rings. The van der Waals surface area contributed by atoms with E-state index < -0.39 is 24.1 Å². The van der Waals surface area contributed by atoms with E-state index >= 15 is 0 Å². The van der Waals surface area contributed by atoms with Gasteiger partial charge in [-0.3, -0.25) is 9.36 Å². The predicted octanol–water partition coefficient (Wildman–Crippen LogP) is 5.93. The van der Waals surface area contributed by atoms with Gasteiger partial charge in [0.05, 0.1) is 19.1 Å². The molecule has 0 amide bonds. The van der Waals surface area contributed by atoms with Crippen LogP contribution in [-0.2, 0) is 13.1 Å². The molecule has 2 aromatic carbocycles. The Hall–Kier alpha value is -4.45. The van der Waals surface area contributed by atoms with Crippen molar-refractivity contribution in [3.63, 3.8) is 0 Å². The average Bonchev–Trinajstić information content (AvgIpc) is 3.28. The second kappa shape index (κ2) is 10.1. The van der Waals surface area contributed by atoms with Crippen LogP contribution >= 0.6 is 11.6 Å². The molecule has 0 aliphatic heterocycles. The number of hydrogen-bond acceptors (Lipinski definition) is 6. The Kier molecular flexibility index (Phi) is 6.72. The molecule has 0 unspecified atom stereocenters. The minimum absolute atomic E-state index is 0.0361. The normalized spacial score (nSPS) is 11.6. The topological polar surface area (TPSA) is 86.9 Å². The molecule has 0 aliphatic rings. The fourth-order valence-electron chi connectivity index (χ4n) is 3.71. The molecule has 194 valence electrons. The Morgan fingerprint density at radius 2 is 1.71 bits per heavy atom. The van der Waals surface area contributed by atoms with Gasteiger partial charge in [-0.15, -0.1) is 0 Å². The number of alkyl halides is 3. The van der Waals surface area contributed by atoms with E-state index in [0.29, 0.717) is 16.5 Å². The second-order valence-electron chi connectivity index (χ2n) is 8.18. The first-order valence-electron chi connectivity index (χ1n) is 11.1. The summed E-state index contributed by atoms with van der Waals surface area (Å²) in [6.45, 7) is -1.23. The molecular weight excluding hydrogens is 528 g/mol. The molecular formula is C25H17ClF4N6O2. The van der Waals surface area contributed by atoms with Gasteiger partial charge >= 0.3 is 11.7 Å². The standard InChI is InChI=1S/C25H17ClF4N6O2/c26-16-3-1-15(2-4-16)12-36-22-21(35(14-32-22)13-25(28,29)30)23(37)34-24(36)33-18-6-8-19(9-7-18)38-20-10-5-17(27)11-31-20/h1-11,14H,12-13H2,(H,33,34,37). The van der Waals surface area contributed by atoms with Gasteiger partial charge in [-0.2, -0.15) is 18.2 Å². The van der Waals surface area contributed by atoms with Gasteiger partial charge in [-0.05, 0) is 48.0 Å². The van der Waals surface area contributed by atoms with Crippen molar-refractivity contribution in [2.75, 3.05) is 5.32 Å². The summed E-state index contributed by atoms with van der Waals surface area (Å²) in [7, 11) is 0. The predicted molar refractivity (Wildman–Crippen MR) is 132 cm³/mol. The maximum absolute atomic E-state index is 13.1. The molecule has 13 heteroatoms. The number of nitrogens with zero attached hydrogens (tertiary/aromatic N) is 5. The first-order valence-corrected chi connectivity index (χ1v) is 11.5. The minimum Gasteiger partial charge on any atom is -0.439 e. The smallest absolute Gasteiger partial charge is 0.406 e. The summed E-state index contributed by atoms with van der Waals surface area (Å²) in [5.41, 5.74) is 0.172. The van der Waals surface area contributed by atoms with Crippen LogP contribution in [0.2, 0.25) is 5.02 Å². The van der Waals surface area contributed by atoms with E-state index in [4.69, 9.17) is 16.3 Å².